The average molecular weight is 393 g/mol. The summed E-state index contributed by atoms with van der Waals surface area (Å²) in [5.41, 5.74) is 4.10. The highest BCUT2D eigenvalue weighted by molar-refractivity contribution is 5.93. The lowest BCUT2D eigenvalue weighted by molar-refractivity contribution is 0.0908. The summed E-state index contributed by atoms with van der Waals surface area (Å²) in [5.74, 6) is 1.91. The standard InChI is InChI=1S/C23H27N3O3/c1-28-20-7-5-16(14-21(20)29-2)6-8-22(27)26-15-18(17-9-12-24-13-10-17)23-19(26)4-3-11-25-23/h3-5,7,11,14-15,17,24H,6,8-10,12-13H2,1-2H3. The predicted octanol–water partition coefficient (Wildman–Crippen LogP) is 3.79. The van der Waals surface area contributed by atoms with Crippen LogP contribution in [-0.2, 0) is 6.42 Å². The van der Waals surface area contributed by atoms with Crippen molar-refractivity contribution in [3.8, 4) is 11.5 Å². The largest absolute Gasteiger partial charge is 0.493 e. The number of ether oxygens (including phenoxy) is 2. The monoisotopic (exact) mass is 393 g/mol. The number of aromatic nitrogens is 2. The third-order valence-electron chi connectivity index (χ3n) is 5.71. The number of piperidine rings is 1. The Balaban J connectivity index is 1.56. The Labute approximate surface area is 170 Å². The van der Waals surface area contributed by atoms with Gasteiger partial charge in [0.15, 0.2) is 11.5 Å². The van der Waals surface area contributed by atoms with Crippen molar-refractivity contribution in [2.45, 2.75) is 31.6 Å². The van der Waals surface area contributed by atoms with Gasteiger partial charge in [0.2, 0.25) is 5.91 Å². The molecule has 6 heteroatoms. The maximum Gasteiger partial charge on any atom is 0.231 e. The van der Waals surface area contributed by atoms with E-state index in [4.69, 9.17) is 9.47 Å². The van der Waals surface area contributed by atoms with E-state index in [0.29, 0.717) is 30.3 Å². The van der Waals surface area contributed by atoms with Gasteiger partial charge in [0.25, 0.3) is 0 Å². The summed E-state index contributed by atoms with van der Waals surface area (Å²) in [4.78, 5) is 17.7. The first-order valence-electron chi connectivity index (χ1n) is 10.1. The average Bonchev–Trinajstić information content (AvgIpc) is 3.17. The number of aryl methyl sites for hydroxylation is 1. The van der Waals surface area contributed by atoms with Crippen LogP contribution in [0.2, 0.25) is 0 Å². The first-order chi connectivity index (χ1) is 14.2. The van der Waals surface area contributed by atoms with Gasteiger partial charge in [-0.05, 0) is 73.7 Å². The molecule has 0 unspecified atom stereocenters. The number of hydrogen-bond donors (Lipinski definition) is 1. The molecule has 6 nitrogen and oxygen atoms in total. The number of carbonyl (C=O) groups excluding carboxylic acids is 1. The van der Waals surface area contributed by atoms with Gasteiger partial charge >= 0.3 is 0 Å². The Bertz CT molecular complexity index is 1010. The summed E-state index contributed by atoms with van der Waals surface area (Å²) in [6, 6.07) is 9.67. The Morgan fingerprint density at radius 3 is 2.72 bits per heavy atom. The summed E-state index contributed by atoms with van der Waals surface area (Å²) in [6.45, 7) is 2.02. The highest BCUT2D eigenvalue weighted by atomic mass is 16.5. The zero-order chi connectivity index (χ0) is 20.2. The molecular weight excluding hydrogens is 366 g/mol. The zero-order valence-corrected chi connectivity index (χ0v) is 17.0. The second kappa shape index (κ2) is 8.66. The van der Waals surface area contributed by atoms with E-state index in [1.807, 2.05) is 42.7 Å². The van der Waals surface area contributed by atoms with E-state index in [-0.39, 0.29) is 5.91 Å². The van der Waals surface area contributed by atoms with Crippen LogP contribution in [0.25, 0.3) is 11.0 Å². The summed E-state index contributed by atoms with van der Waals surface area (Å²) in [6.07, 6.45) is 7.04. The van der Waals surface area contributed by atoms with E-state index in [9.17, 15) is 4.79 Å². The molecule has 1 saturated heterocycles. The maximum atomic E-state index is 13.1. The van der Waals surface area contributed by atoms with Crippen molar-refractivity contribution in [1.29, 1.82) is 0 Å². The first kappa shape index (κ1) is 19.5. The SMILES string of the molecule is COc1ccc(CCC(=O)n2cc(C3CCNCC3)c3ncccc32)cc1OC. The molecule has 4 rings (SSSR count). The van der Waals surface area contributed by atoms with Crippen LogP contribution in [0.4, 0.5) is 0 Å². The minimum absolute atomic E-state index is 0.0815. The van der Waals surface area contributed by atoms with E-state index in [0.717, 1.165) is 42.5 Å². The van der Waals surface area contributed by atoms with Crippen LogP contribution in [0.3, 0.4) is 0 Å². The highest BCUT2D eigenvalue weighted by Crippen LogP contribution is 2.32. The van der Waals surface area contributed by atoms with Crippen LogP contribution in [0, 0.1) is 0 Å². The molecule has 1 aliphatic rings. The molecule has 2 aromatic heterocycles. The summed E-state index contributed by atoms with van der Waals surface area (Å²) >= 11 is 0. The second-order valence-electron chi connectivity index (χ2n) is 7.43. The molecule has 1 aromatic carbocycles. The first-order valence-corrected chi connectivity index (χ1v) is 10.1. The van der Waals surface area contributed by atoms with Gasteiger partial charge in [-0.15, -0.1) is 0 Å². The van der Waals surface area contributed by atoms with Crippen molar-refractivity contribution in [3.05, 3.63) is 53.9 Å². The van der Waals surface area contributed by atoms with Crippen LogP contribution >= 0.6 is 0 Å². The topological polar surface area (TPSA) is 65.4 Å². The molecular formula is C23H27N3O3. The van der Waals surface area contributed by atoms with E-state index in [1.54, 1.807) is 18.8 Å². The van der Waals surface area contributed by atoms with Gasteiger partial charge < -0.3 is 14.8 Å². The number of fused-ring (bicyclic) bond motifs is 1. The molecule has 0 bridgehead atoms. The number of benzene rings is 1. The van der Waals surface area contributed by atoms with Crippen molar-refractivity contribution in [3.63, 3.8) is 0 Å². The maximum absolute atomic E-state index is 13.1. The fraction of sp³-hybridized carbons (Fsp3) is 0.391. The molecule has 3 aromatic rings. The van der Waals surface area contributed by atoms with Gasteiger partial charge in [-0.1, -0.05) is 6.07 Å². The van der Waals surface area contributed by atoms with Crippen molar-refractivity contribution in [1.82, 2.24) is 14.9 Å². The van der Waals surface area contributed by atoms with Gasteiger partial charge in [-0.2, -0.15) is 0 Å². The molecule has 1 N–H and O–H groups in total. The summed E-state index contributed by atoms with van der Waals surface area (Å²) in [5, 5.41) is 3.40. The van der Waals surface area contributed by atoms with Gasteiger partial charge in [0.05, 0.1) is 25.3 Å². The predicted molar refractivity (Wildman–Crippen MR) is 113 cm³/mol. The third-order valence-corrected chi connectivity index (χ3v) is 5.71. The summed E-state index contributed by atoms with van der Waals surface area (Å²) < 4.78 is 12.4. The Morgan fingerprint density at radius 1 is 1.17 bits per heavy atom. The van der Waals surface area contributed by atoms with Crippen LogP contribution in [0.5, 0.6) is 11.5 Å². The van der Waals surface area contributed by atoms with Crippen LogP contribution in [-0.4, -0.2) is 42.8 Å². The normalized spacial score (nSPS) is 14.8. The Hall–Kier alpha value is -2.86. The number of methoxy groups -OCH3 is 2. The highest BCUT2D eigenvalue weighted by Gasteiger charge is 2.22. The van der Waals surface area contributed by atoms with Crippen LogP contribution < -0.4 is 14.8 Å². The minimum Gasteiger partial charge on any atom is -0.493 e. The lowest BCUT2D eigenvalue weighted by Gasteiger charge is -2.21. The Morgan fingerprint density at radius 2 is 1.97 bits per heavy atom. The number of hydrogen-bond acceptors (Lipinski definition) is 5. The molecule has 3 heterocycles. The Kier molecular flexibility index (Phi) is 5.81. The van der Waals surface area contributed by atoms with Crippen LogP contribution in [0.15, 0.2) is 42.7 Å². The fourth-order valence-electron chi connectivity index (χ4n) is 4.13. The van der Waals surface area contributed by atoms with Crippen LogP contribution in [0.1, 0.15) is 41.1 Å². The molecule has 0 radical (unpaired) electrons. The second-order valence-corrected chi connectivity index (χ2v) is 7.43. The van der Waals surface area contributed by atoms with Gasteiger partial charge in [-0.25, -0.2) is 0 Å². The molecule has 0 amide bonds. The summed E-state index contributed by atoms with van der Waals surface area (Å²) in [7, 11) is 3.24. The number of nitrogens with one attached hydrogen (secondary N) is 1. The van der Waals surface area contributed by atoms with Gasteiger partial charge in [0.1, 0.15) is 0 Å². The molecule has 1 aliphatic heterocycles. The van der Waals surface area contributed by atoms with E-state index >= 15 is 0 Å². The molecule has 0 aliphatic carbocycles. The quantitative estimate of drug-likeness (QED) is 0.690. The third kappa shape index (κ3) is 3.98. The smallest absolute Gasteiger partial charge is 0.231 e. The lowest BCUT2D eigenvalue weighted by atomic mass is 9.91. The van der Waals surface area contributed by atoms with Crippen molar-refractivity contribution < 1.29 is 14.3 Å². The van der Waals surface area contributed by atoms with Crippen molar-refractivity contribution in [2.75, 3.05) is 27.3 Å². The molecule has 0 spiro atoms. The number of pyridine rings is 1. The van der Waals surface area contributed by atoms with Gasteiger partial charge in [0, 0.05) is 18.8 Å². The van der Waals surface area contributed by atoms with Crippen molar-refractivity contribution in [2.24, 2.45) is 0 Å². The zero-order valence-electron chi connectivity index (χ0n) is 17.0. The minimum atomic E-state index is 0.0815. The number of carbonyl (C=O) groups is 1. The fourth-order valence-corrected chi connectivity index (χ4v) is 4.13. The van der Waals surface area contributed by atoms with E-state index in [1.165, 1.54) is 5.56 Å². The molecule has 152 valence electrons. The van der Waals surface area contributed by atoms with E-state index in [2.05, 4.69) is 10.3 Å². The molecule has 29 heavy (non-hydrogen) atoms. The molecule has 0 saturated carbocycles. The van der Waals surface area contributed by atoms with Gasteiger partial charge in [-0.3, -0.25) is 14.3 Å². The molecule has 1 fully saturated rings. The van der Waals surface area contributed by atoms with E-state index < -0.39 is 0 Å². The van der Waals surface area contributed by atoms with Crippen molar-refractivity contribution >= 4 is 16.9 Å². The molecule has 0 atom stereocenters. The number of nitrogens with zero attached hydrogens (tertiary/aromatic N) is 2. The number of rotatable bonds is 6. The lowest BCUT2D eigenvalue weighted by Crippen LogP contribution is -2.26.